The van der Waals surface area contributed by atoms with Crippen molar-refractivity contribution in [2.24, 2.45) is 0 Å². The molecular weight excluding hydrogens is 238 g/mol. The van der Waals surface area contributed by atoms with Gasteiger partial charge in [-0.05, 0) is 12.1 Å². The van der Waals surface area contributed by atoms with Crippen LogP contribution in [0.15, 0.2) is 29.2 Å². The van der Waals surface area contributed by atoms with Crippen LogP contribution in [-0.2, 0) is 0 Å². The number of methoxy groups -OCH3 is 1. The smallest absolute Gasteiger partial charge is 0.341 e. The number of aromatic nitrogens is 3. The Kier molecular flexibility index (Phi) is 3.05. The lowest BCUT2D eigenvalue weighted by atomic mass is 10.1. The Morgan fingerprint density at radius 1 is 1.44 bits per heavy atom. The van der Waals surface area contributed by atoms with Gasteiger partial charge in [-0.3, -0.25) is 4.79 Å². The van der Waals surface area contributed by atoms with E-state index in [0.717, 1.165) is 0 Å². The van der Waals surface area contributed by atoms with Gasteiger partial charge in [0.2, 0.25) is 5.88 Å². The average molecular weight is 247 g/mol. The quantitative estimate of drug-likeness (QED) is 0.820. The highest BCUT2D eigenvalue weighted by Gasteiger charge is 2.11. The molecule has 0 fully saturated rings. The maximum Gasteiger partial charge on any atom is 0.341 e. The molecule has 7 heteroatoms. The van der Waals surface area contributed by atoms with Gasteiger partial charge in [0.15, 0.2) is 0 Å². The summed E-state index contributed by atoms with van der Waals surface area (Å²) in [7, 11) is 1.49. The summed E-state index contributed by atoms with van der Waals surface area (Å²) in [4.78, 5) is 26.0. The van der Waals surface area contributed by atoms with Crippen LogP contribution >= 0.6 is 0 Å². The second-order valence-corrected chi connectivity index (χ2v) is 3.39. The number of nitrogens with one attached hydrogen (secondary N) is 1. The highest BCUT2D eigenvalue weighted by atomic mass is 16.5. The summed E-state index contributed by atoms with van der Waals surface area (Å²) in [5.41, 5.74) is -0.208. The fourth-order valence-corrected chi connectivity index (χ4v) is 1.37. The van der Waals surface area contributed by atoms with Crippen molar-refractivity contribution in [1.29, 1.82) is 0 Å². The minimum Gasteiger partial charge on any atom is -0.481 e. The van der Waals surface area contributed by atoms with Crippen LogP contribution in [0.4, 0.5) is 0 Å². The number of carbonyl (C=O) groups is 1. The van der Waals surface area contributed by atoms with Gasteiger partial charge in [0.1, 0.15) is 5.56 Å². The summed E-state index contributed by atoms with van der Waals surface area (Å²) in [6.45, 7) is 0. The first-order valence-corrected chi connectivity index (χ1v) is 4.95. The number of rotatable bonds is 3. The van der Waals surface area contributed by atoms with Gasteiger partial charge in [0, 0.05) is 17.8 Å². The SMILES string of the molecule is COc1ccc(-c2cc(C(=O)O)c(=O)[nH]n2)cn1. The first kappa shape index (κ1) is 11.8. The molecule has 2 aromatic heterocycles. The number of ether oxygens (including phenoxy) is 1. The number of hydrogen-bond donors (Lipinski definition) is 2. The van der Waals surface area contributed by atoms with Gasteiger partial charge in [-0.25, -0.2) is 14.9 Å². The Morgan fingerprint density at radius 3 is 2.78 bits per heavy atom. The molecule has 0 atom stereocenters. The normalized spacial score (nSPS) is 10.1. The van der Waals surface area contributed by atoms with Crippen molar-refractivity contribution in [3.05, 3.63) is 40.3 Å². The molecule has 2 rings (SSSR count). The predicted octanol–water partition coefficient (Wildman–Crippen LogP) is 0.539. The van der Waals surface area contributed by atoms with Crippen LogP contribution in [0.2, 0.25) is 0 Å². The van der Waals surface area contributed by atoms with Gasteiger partial charge >= 0.3 is 5.97 Å². The van der Waals surface area contributed by atoms with Crippen molar-refractivity contribution < 1.29 is 14.6 Å². The van der Waals surface area contributed by atoms with E-state index in [1.165, 1.54) is 19.4 Å². The average Bonchev–Trinajstić information content (AvgIpc) is 2.39. The van der Waals surface area contributed by atoms with E-state index >= 15 is 0 Å². The van der Waals surface area contributed by atoms with Crippen molar-refractivity contribution in [2.75, 3.05) is 7.11 Å². The van der Waals surface area contributed by atoms with Crippen LogP contribution < -0.4 is 10.3 Å². The van der Waals surface area contributed by atoms with E-state index in [1.807, 2.05) is 0 Å². The number of aromatic amines is 1. The van der Waals surface area contributed by atoms with Crippen LogP contribution in [-0.4, -0.2) is 33.4 Å². The second-order valence-electron chi connectivity index (χ2n) is 3.39. The number of pyridine rings is 1. The minimum absolute atomic E-state index is 0.321. The molecule has 2 heterocycles. The summed E-state index contributed by atoms with van der Waals surface area (Å²) < 4.78 is 4.90. The fourth-order valence-electron chi connectivity index (χ4n) is 1.37. The van der Waals surface area contributed by atoms with E-state index in [1.54, 1.807) is 12.1 Å². The fraction of sp³-hybridized carbons (Fsp3) is 0.0909. The van der Waals surface area contributed by atoms with Crippen molar-refractivity contribution in [1.82, 2.24) is 15.2 Å². The van der Waals surface area contributed by atoms with Gasteiger partial charge in [-0.2, -0.15) is 5.10 Å². The van der Waals surface area contributed by atoms with Crippen LogP contribution in [0.5, 0.6) is 5.88 Å². The van der Waals surface area contributed by atoms with E-state index < -0.39 is 11.5 Å². The third-order valence-electron chi connectivity index (χ3n) is 2.28. The highest BCUT2D eigenvalue weighted by molar-refractivity contribution is 5.88. The molecule has 2 aromatic rings. The van der Waals surface area contributed by atoms with Gasteiger partial charge in [-0.1, -0.05) is 0 Å². The lowest BCUT2D eigenvalue weighted by Gasteiger charge is -2.02. The number of carboxylic acids is 1. The molecule has 2 N–H and O–H groups in total. The molecule has 0 aliphatic carbocycles. The zero-order valence-corrected chi connectivity index (χ0v) is 9.38. The predicted molar refractivity (Wildman–Crippen MR) is 61.6 cm³/mol. The number of nitrogens with zero attached hydrogens (tertiary/aromatic N) is 2. The molecule has 7 nitrogen and oxygen atoms in total. The molecule has 0 amide bonds. The van der Waals surface area contributed by atoms with E-state index in [4.69, 9.17) is 9.84 Å². The molecule has 0 aliphatic rings. The summed E-state index contributed by atoms with van der Waals surface area (Å²) in [5, 5.41) is 14.7. The molecule has 0 radical (unpaired) electrons. The van der Waals surface area contributed by atoms with Crippen LogP contribution in [0, 0.1) is 0 Å². The molecule has 0 bridgehead atoms. The molecule has 92 valence electrons. The second kappa shape index (κ2) is 4.66. The van der Waals surface area contributed by atoms with E-state index in [2.05, 4.69) is 15.2 Å². The summed E-state index contributed by atoms with van der Waals surface area (Å²) in [6, 6.07) is 4.48. The number of hydrogen-bond acceptors (Lipinski definition) is 5. The molecule has 18 heavy (non-hydrogen) atoms. The zero-order valence-electron chi connectivity index (χ0n) is 9.38. The van der Waals surface area contributed by atoms with Gasteiger partial charge in [-0.15, -0.1) is 0 Å². The molecular formula is C11H9N3O4. The minimum atomic E-state index is -1.30. The zero-order chi connectivity index (χ0) is 13.1. The molecule has 0 spiro atoms. The maximum absolute atomic E-state index is 11.2. The van der Waals surface area contributed by atoms with Gasteiger partial charge < -0.3 is 9.84 Å². The first-order chi connectivity index (χ1) is 8.61. The van der Waals surface area contributed by atoms with Gasteiger partial charge in [0.25, 0.3) is 5.56 Å². The van der Waals surface area contributed by atoms with Gasteiger partial charge in [0.05, 0.1) is 12.8 Å². The number of carboxylic acid groups (broad SMARTS) is 1. The van der Waals surface area contributed by atoms with Crippen LogP contribution in [0.25, 0.3) is 11.3 Å². The van der Waals surface area contributed by atoms with Crippen molar-refractivity contribution in [3.63, 3.8) is 0 Å². The molecule has 0 aromatic carbocycles. The largest absolute Gasteiger partial charge is 0.481 e. The van der Waals surface area contributed by atoms with E-state index in [0.29, 0.717) is 17.1 Å². The Morgan fingerprint density at radius 2 is 2.22 bits per heavy atom. The summed E-state index contributed by atoms with van der Waals surface area (Å²) in [6.07, 6.45) is 1.48. The standard InChI is InChI=1S/C11H9N3O4/c1-18-9-3-2-6(5-12-9)8-4-7(11(16)17)10(15)14-13-8/h2-5H,1H3,(H,14,15)(H,16,17). The Hall–Kier alpha value is -2.70. The topological polar surface area (TPSA) is 105 Å². The Labute approximate surface area is 101 Å². The van der Waals surface area contributed by atoms with Crippen molar-refractivity contribution in [2.45, 2.75) is 0 Å². The van der Waals surface area contributed by atoms with Crippen molar-refractivity contribution in [3.8, 4) is 17.1 Å². The monoisotopic (exact) mass is 247 g/mol. The number of H-pyrrole nitrogens is 1. The summed E-state index contributed by atoms with van der Waals surface area (Å²) in [5.74, 6) is -0.872. The Bertz CT molecular complexity index is 633. The van der Waals surface area contributed by atoms with Crippen LogP contribution in [0.3, 0.4) is 0 Å². The summed E-state index contributed by atoms with van der Waals surface area (Å²) >= 11 is 0. The van der Waals surface area contributed by atoms with Crippen molar-refractivity contribution >= 4 is 5.97 Å². The molecule has 0 unspecified atom stereocenters. The van der Waals surface area contributed by atoms with E-state index in [9.17, 15) is 9.59 Å². The van der Waals surface area contributed by atoms with E-state index in [-0.39, 0.29) is 5.56 Å². The maximum atomic E-state index is 11.2. The third kappa shape index (κ3) is 2.19. The lowest BCUT2D eigenvalue weighted by molar-refractivity contribution is 0.0694. The highest BCUT2D eigenvalue weighted by Crippen LogP contribution is 2.17. The molecule has 0 saturated heterocycles. The molecule has 0 saturated carbocycles. The Balaban J connectivity index is 2.47. The van der Waals surface area contributed by atoms with Crippen LogP contribution in [0.1, 0.15) is 10.4 Å². The third-order valence-corrected chi connectivity index (χ3v) is 2.28. The molecule has 0 aliphatic heterocycles. The number of aromatic carboxylic acids is 1. The lowest BCUT2D eigenvalue weighted by Crippen LogP contribution is -2.18. The first-order valence-electron chi connectivity index (χ1n) is 4.95.